The molecule has 84 valence electrons. The normalized spacial score (nSPS) is 11.7. The second-order valence-electron chi connectivity index (χ2n) is 3.21. The van der Waals surface area contributed by atoms with Crippen LogP contribution in [0.3, 0.4) is 0 Å². The third kappa shape index (κ3) is 2.39. The first-order valence-electron chi connectivity index (χ1n) is 4.47. The number of nitrogens with zero attached hydrogens (tertiary/aromatic N) is 2. The van der Waals surface area contributed by atoms with E-state index in [1.807, 2.05) is 0 Å². The summed E-state index contributed by atoms with van der Waals surface area (Å²) >= 11 is 0. The third-order valence-electron chi connectivity index (χ3n) is 2.02. The zero-order valence-electron chi connectivity index (χ0n) is 8.03. The first-order valence-corrected chi connectivity index (χ1v) is 4.47. The molecule has 0 aliphatic carbocycles. The number of hydrogen-bond donors (Lipinski definition) is 0. The lowest BCUT2D eigenvalue weighted by molar-refractivity contribution is -0.137. The van der Waals surface area contributed by atoms with Crippen LogP contribution in [0, 0.1) is 0 Å². The van der Waals surface area contributed by atoms with Crippen LogP contribution in [-0.4, -0.2) is 10.1 Å². The van der Waals surface area contributed by atoms with Gasteiger partial charge in [-0.3, -0.25) is 0 Å². The fourth-order valence-corrected chi connectivity index (χ4v) is 1.31. The van der Waals surface area contributed by atoms with Gasteiger partial charge in [0.15, 0.2) is 6.33 Å². The fraction of sp³-hybridized carbons (Fsp3) is 0.200. The van der Waals surface area contributed by atoms with Gasteiger partial charge in [0.25, 0.3) is 0 Å². The van der Waals surface area contributed by atoms with E-state index in [2.05, 4.69) is 10.1 Å². The van der Waals surface area contributed by atoms with Gasteiger partial charge in [-0.05, 0) is 11.6 Å². The van der Waals surface area contributed by atoms with Crippen LogP contribution in [0.5, 0.6) is 0 Å². The highest BCUT2D eigenvalue weighted by atomic mass is 19.4. The molecule has 0 N–H and O–H groups in total. The molecular formula is C10H7F3N2O. The summed E-state index contributed by atoms with van der Waals surface area (Å²) in [6.07, 6.45) is -2.92. The lowest BCUT2D eigenvalue weighted by Crippen LogP contribution is -2.05. The Morgan fingerprint density at radius 2 is 2.06 bits per heavy atom. The summed E-state index contributed by atoms with van der Waals surface area (Å²) in [5.74, 6) is 0.291. The number of aromatic nitrogens is 2. The minimum Gasteiger partial charge on any atom is -0.339 e. The highest BCUT2D eigenvalue weighted by Crippen LogP contribution is 2.29. The summed E-state index contributed by atoms with van der Waals surface area (Å²) in [6.45, 7) is 0. The Morgan fingerprint density at radius 1 is 1.25 bits per heavy atom. The summed E-state index contributed by atoms with van der Waals surface area (Å²) in [5.41, 5.74) is -0.191. The quantitative estimate of drug-likeness (QED) is 0.793. The minimum atomic E-state index is -4.33. The Bertz CT molecular complexity index is 465. The molecule has 0 saturated carbocycles. The predicted octanol–water partition coefficient (Wildman–Crippen LogP) is 2.68. The topological polar surface area (TPSA) is 38.9 Å². The molecule has 1 aromatic carbocycles. The van der Waals surface area contributed by atoms with Gasteiger partial charge in [0, 0.05) is 0 Å². The number of halogens is 3. The van der Waals surface area contributed by atoms with Gasteiger partial charge in [-0.15, -0.1) is 0 Å². The van der Waals surface area contributed by atoms with Crippen molar-refractivity contribution in [3.63, 3.8) is 0 Å². The maximum absolute atomic E-state index is 12.4. The first-order chi connectivity index (χ1) is 7.55. The summed E-state index contributed by atoms with van der Waals surface area (Å²) in [7, 11) is 0. The Kier molecular flexibility index (Phi) is 2.64. The monoisotopic (exact) mass is 228 g/mol. The predicted molar refractivity (Wildman–Crippen MR) is 48.5 cm³/mol. The molecule has 0 atom stereocenters. The van der Waals surface area contributed by atoms with Crippen LogP contribution in [0.2, 0.25) is 0 Å². The van der Waals surface area contributed by atoms with Crippen LogP contribution >= 0.6 is 0 Å². The average Bonchev–Trinajstić information content (AvgIpc) is 2.70. The van der Waals surface area contributed by atoms with Crippen LogP contribution in [-0.2, 0) is 12.6 Å². The second-order valence-corrected chi connectivity index (χ2v) is 3.21. The maximum atomic E-state index is 12.4. The summed E-state index contributed by atoms with van der Waals surface area (Å²) < 4.78 is 41.9. The van der Waals surface area contributed by atoms with Crippen molar-refractivity contribution in [2.45, 2.75) is 12.6 Å². The standard InChI is InChI=1S/C10H7F3N2O/c11-10(12,13)8-3-1-2-7(4-8)5-9-14-6-15-16-9/h1-4,6H,5H2. The Hall–Kier alpha value is -1.85. The molecule has 6 heteroatoms. The van der Waals surface area contributed by atoms with Crippen molar-refractivity contribution in [3.8, 4) is 0 Å². The summed E-state index contributed by atoms with van der Waals surface area (Å²) in [4.78, 5) is 3.74. The molecule has 0 unspecified atom stereocenters. The van der Waals surface area contributed by atoms with Gasteiger partial charge in [0.05, 0.1) is 12.0 Å². The second kappa shape index (κ2) is 3.96. The minimum absolute atomic E-state index is 0.198. The zero-order chi connectivity index (χ0) is 11.6. The van der Waals surface area contributed by atoms with Gasteiger partial charge in [-0.25, -0.2) is 0 Å². The molecule has 0 saturated heterocycles. The molecule has 0 fully saturated rings. The molecule has 1 heterocycles. The Labute approximate surface area is 88.9 Å². The van der Waals surface area contributed by atoms with Gasteiger partial charge in [0.2, 0.25) is 5.89 Å². The number of benzene rings is 1. The number of rotatable bonds is 2. The van der Waals surface area contributed by atoms with E-state index in [1.54, 1.807) is 6.07 Å². The molecule has 0 spiro atoms. The van der Waals surface area contributed by atoms with Crippen LogP contribution in [0.25, 0.3) is 0 Å². The average molecular weight is 228 g/mol. The SMILES string of the molecule is FC(F)(F)c1cccc(Cc2ncno2)c1. The highest BCUT2D eigenvalue weighted by Gasteiger charge is 2.30. The molecule has 0 bridgehead atoms. The van der Waals surface area contributed by atoms with E-state index in [4.69, 9.17) is 4.52 Å². The molecule has 0 aliphatic heterocycles. The van der Waals surface area contributed by atoms with Gasteiger partial charge < -0.3 is 4.52 Å². The molecule has 0 amide bonds. The van der Waals surface area contributed by atoms with Crippen molar-refractivity contribution in [3.05, 3.63) is 47.6 Å². The number of alkyl halides is 3. The van der Waals surface area contributed by atoms with Gasteiger partial charge >= 0.3 is 6.18 Å². The van der Waals surface area contributed by atoms with Gasteiger partial charge in [-0.1, -0.05) is 23.4 Å². The highest BCUT2D eigenvalue weighted by molar-refractivity contribution is 5.27. The summed E-state index contributed by atoms with van der Waals surface area (Å²) in [6, 6.07) is 5.04. The van der Waals surface area contributed by atoms with Crippen molar-refractivity contribution < 1.29 is 17.7 Å². The van der Waals surface area contributed by atoms with Gasteiger partial charge in [0.1, 0.15) is 0 Å². The Morgan fingerprint density at radius 3 is 2.69 bits per heavy atom. The van der Waals surface area contributed by atoms with Crippen molar-refractivity contribution >= 4 is 0 Å². The molecule has 3 nitrogen and oxygen atoms in total. The van der Waals surface area contributed by atoms with Crippen molar-refractivity contribution in [2.75, 3.05) is 0 Å². The largest absolute Gasteiger partial charge is 0.416 e. The molecule has 0 radical (unpaired) electrons. The van der Waals surface area contributed by atoms with E-state index in [-0.39, 0.29) is 6.42 Å². The van der Waals surface area contributed by atoms with E-state index >= 15 is 0 Å². The molecule has 2 aromatic rings. The van der Waals surface area contributed by atoms with E-state index in [9.17, 15) is 13.2 Å². The van der Waals surface area contributed by atoms with E-state index in [1.165, 1.54) is 12.4 Å². The van der Waals surface area contributed by atoms with E-state index < -0.39 is 11.7 Å². The molecular weight excluding hydrogens is 221 g/mol. The van der Waals surface area contributed by atoms with E-state index in [0.29, 0.717) is 11.5 Å². The van der Waals surface area contributed by atoms with Crippen molar-refractivity contribution in [1.82, 2.24) is 10.1 Å². The molecule has 16 heavy (non-hydrogen) atoms. The Balaban J connectivity index is 2.23. The van der Waals surface area contributed by atoms with Gasteiger partial charge in [-0.2, -0.15) is 18.2 Å². The smallest absolute Gasteiger partial charge is 0.339 e. The van der Waals surface area contributed by atoms with Crippen LogP contribution in [0.4, 0.5) is 13.2 Å². The lowest BCUT2D eigenvalue weighted by Gasteiger charge is -2.07. The lowest BCUT2D eigenvalue weighted by atomic mass is 10.1. The van der Waals surface area contributed by atoms with Crippen LogP contribution in [0.15, 0.2) is 35.1 Å². The summed E-state index contributed by atoms with van der Waals surface area (Å²) in [5, 5.41) is 3.38. The van der Waals surface area contributed by atoms with Crippen molar-refractivity contribution in [1.29, 1.82) is 0 Å². The maximum Gasteiger partial charge on any atom is 0.416 e. The molecule has 2 rings (SSSR count). The fourth-order valence-electron chi connectivity index (χ4n) is 1.31. The van der Waals surface area contributed by atoms with Crippen LogP contribution in [0.1, 0.15) is 17.0 Å². The third-order valence-corrected chi connectivity index (χ3v) is 2.02. The first kappa shape index (κ1) is 10.7. The number of hydrogen-bond acceptors (Lipinski definition) is 3. The van der Waals surface area contributed by atoms with Crippen LogP contribution < -0.4 is 0 Å². The zero-order valence-corrected chi connectivity index (χ0v) is 8.03. The van der Waals surface area contributed by atoms with Crippen molar-refractivity contribution in [2.24, 2.45) is 0 Å². The molecule has 1 aromatic heterocycles. The molecule has 0 aliphatic rings. The van der Waals surface area contributed by atoms with E-state index in [0.717, 1.165) is 12.1 Å².